The van der Waals surface area contributed by atoms with Gasteiger partial charge in [-0.1, -0.05) is 26.0 Å². The highest BCUT2D eigenvalue weighted by atomic mass is 15.6. The second-order valence-electron chi connectivity index (χ2n) is 8.44. The van der Waals surface area contributed by atoms with Crippen LogP contribution in [0.4, 0.5) is 5.69 Å². The number of quaternary nitrogens is 1. The summed E-state index contributed by atoms with van der Waals surface area (Å²) in [4.78, 5) is 4.14. The molecule has 1 N–H and O–H groups in total. The van der Waals surface area contributed by atoms with E-state index in [9.17, 15) is 0 Å². The molecule has 1 aliphatic rings. The van der Waals surface area contributed by atoms with Gasteiger partial charge in [-0.3, -0.25) is 0 Å². The number of rotatable bonds is 6. The molecule has 0 amide bonds. The van der Waals surface area contributed by atoms with Gasteiger partial charge in [0.05, 0.1) is 31.7 Å². The third-order valence-corrected chi connectivity index (χ3v) is 6.47. The van der Waals surface area contributed by atoms with Crippen LogP contribution in [0.15, 0.2) is 18.2 Å². The van der Waals surface area contributed by atoms with Crippen molar-refractivity contribution >= 4 is 5.69 Å². The summed E-state index contributed by atoms with van der Waals surface area (Å²) in [5.74, 6) is 1.04. The minimum Gasteiger partial charge on any atom is -0.360 e. The van der Waals surface area contributed by atoms with E-state index in [1.165, 1.54) is 16.8 Å². The fraction of sp³-hybridized carbons (Fsp3) is 0.667. The van der Waals surface area contributed by atoms with E-state index in [0.717, 1.165) is 44.8 Å². The lowest BCUT2D eigenvalue weighted by molar-refractivity contribution is -0.933. The van der Waals surface area contributed by atoms with Gasteiger partial charge in [0, 0.05) is 12.1 Å². The first kappa shape index (κ1) is 19.8. The summed E-state index contributed by atoms with van der Waals surface area (Å²) in [6.45, 7) is 17.7. The maximum Gasteiger partial charge on any atom is 0.209 e. The minimum absolute atomic E-state index is 0.0494. The molecule has 1 atom stereocenters. The van der Waals surface area contributed by atoms with Gasteiger partial charge in [0.1, 0.15) is 6.04 Å². The zero-order valence-corrected chi connectivity index (χ0v) is 17.8. The van der Waals surface area contributed by atoms with Crippen molar-refractivity contribution in [3.63, 3.8) is 0 Å². The molecule has 1 aromatic heterocycles. The Bertz CT molecular complexity index is 758. The van der Waals surface area contributed by atoms with E-state index in [-0.39, 0.29) is 5.54 Å². The molecule has 1 aliphatic heterocycles. The second-order valence-corrected chi connectivity index (χ2v) is 8.44. The molecule has 0 unspecified atom stereocenters. The lowest BCUT2D eigenvalue weighted by Gasteiger charge is -2.38. The molecule has 0 spiro atoms. The Kier molecular flexibility index (Phi) is 5.84. The summed E-state index contributed by atoms with van der Waals surface area (Å²) in [7, 11) is 0. The predicted molar refractivity (Wildman–Crippen MR) is 109 cm³/mol. The average molecular weight is 372 g/mol. The number of nitrogens with zero attached hydrogens (tertiary/aromatic N) is 5. The Balaban J connectivity index is 1.75. The SMILES string of the molecule is CC[C@@H](c1nnnn1C(C)(C)CC)[NH+]1CCN(c2cccc(C)c2C)CC1. The van der Waals surface area contributed by atoms with Gasteiger partial charge in [-0.05, 0) is 61.7 Å². The van der Waals surface area contributed by atoms with Crippen molar-refractivity contribution in [2.75, 3.05) is 31.1 Å². The highest BCUT2D eigenvalue weighted by molar-refractivity contribution is 5.56. The van der Waals surface area contributed by atoms with Crippen molar-refractivity contribution in [1.29, 1.82) is 0 Å². The van der Waals surface area contributed by atoms with Gasteiger partial charge in [-0.15, -0.1) is 5.10 Å². The molecule has 1 aromatic carbocycles. The number of hydrogen-bond donors (Lipinski definition) is 1. The van der Waals surface area contributed by atoms with Crippen LogP contribution in [0.2, 0.25) is 0 Å². The van der Waals surface area contributed by atoms with Crippen LogP contribution in [0.3, 0.4) is 0 Å². The zero-order valence-electron chi connectivity index (χ0n) is 17.8. The summed E-state index contributed by atoms with van der Waals surface area (Å²) in [5.41, 5.74) is 4.11. The molecule has 0 bridgehead atoms. The van der Waals surface area contributed by atoms with Gasteiger partial charge in [-0.2, -0.15) is 0 Å². The molecule has 1 fully saturated rings. The number of benzene rings is 1. The molecule has 6 nitrogen and oxygen atoms in total. The minimum atomic E-state index is -0.0494. The number of aryl methyl sites for hydroxylation is 1. The summed E-state index contributed by atoms with van der Waals surface area (Å²) in [6, 6.07) is 6.98. The Morgan fingerprint density at radius 1 is 1.15 bits per heavy atom. The van der Waals surface area contributed by atoms with Crippen molar-refractivity contribution in [2.24, 2.45) is 0 Å². The molecule has 148 valence electrons. The van der Waals surface area contributed by atoms with E-state index in [4.69, 9.17) is 0 Å². The molecule has 6 heteroatoms. The highest BCUT2D eigenvalue weighted by Gasteiger charge is 2.34. The highest BCUT2D eigenvalue weighted by Crippen LogP contribution is 2.24. The summed E-state index contributed by atoms with van der Waals surface area (Å²) >= 11 is 0. The molecule has 2 heterocycles. The summed E-state index contributed by atoms with van der Waals surface area (Å²) < 4.78 is 2.06. The van der Waals surface area contributed by atoms with E-state index in [0.29, 0.717) is 6.04 Å². The third-order valence-electron chi connectivity index (χ3n) is 6.47. The van der Waals surface area contributed by atoms with Crippen molar-refractivity contribution in [2.45, 2.75) is 66.0 Å². The summed E-state index contributed by atoms with van der Waals surface area (Å²) in [5, 5.41) is 12.8. The molecule has 27 heavy (non-hydrogen) atoms. The molecule has 0 aliphatic carbocycles. The molecule has 0 saturated carbocycles. The largest absolute Gasteiger partial charge is 0.360 e. The smallest absolute Gasteiger partial charge is 0.209 e. The number of anilines is 1. The van der Waals surface area contributed by atoms with Gasteiger partial charge in [0.15, 0.2) is 0 Å². The Hall–Kier alpha value is -1.95. The van der Waals surface area contributed by atoms with E-state index in [1.807, 2.05) is 0 Å². The number of tetrazole rings is 1. The van der Waals surface area contributed by atoms with E-state index in [2.05, 4.69) is 84.8 Å². The van der Waals surface area contributed by atoms with Crippen LogP contribution >= 0.6 is 0 Å². The number of hydrogen-bond acceptors (Lipinski definition) is 4. The number of nitrogens with one attached hydrogen (secondary N) is 1. The monoisotopic (exact) mass is 371 g/mol. The Morgan fingerprint density at radius 3 is 2.48 bits per heavy atom. The van der Waals surface area contributed by atoms with Crippen LogP contribution < -0.4 is 9.80 Å². The van der Waals surface area contributed by atoms with Crippen LogP contribution in [0.5, 0.6) is 0 Å². The maximum atomic E-state index is 4.45. The van der Waals surface area contributed by atoms with E-state index in [1.54, 1.807) is 4.90 Å². The third kappa shape index (κ3) is 3.86. The van der Waals surface area contributed by atoms with Crippen LogP contribution in [0.25, 0.3) is 0 Å². The fourth-order valence-electron chi connectivity index (χ4n) is 4.11. The lowest BCUT2D eigenvalue weighted by atomic mass is 10.0. The first-order valence-electron chi connectivity index (χ1n) is 10.3. The first-order chi connectivity index (χ1) is 12.9. The van der Waals surface area contributed by atoms with Gasteiger partial charge in [0.2, 0.25) is 5.82 Å². The first-order valence-corrected chi connectivity index (χ1v) is 10.3. The van der Waals surface area contributed by atoms with Crippen molar-refractivity contribution in [3.05, 3.63) is 35.2 Å². The molecular weight excluding hydrogens is 336 g/mol. The van der Waals surface area contributed by atoms with Crippen molar-refractivity contribution in [3.8, 4) is 0 Å². The average Bonchev–Trinajstić information content (AvgIpc) is 3.16. The van der Waals surface area contributed by atoms with Crippen molar-refractivity contribution < 1.29 is 4.90 Å². The molecule has 2 aromatic rings. The van der Waals surface area contributed by atoms with Gasteiger partial charge in [-0.25, -0.2) is 4.68 Å². The van der Waals surface area contributed by atoms with Crippen LogP contribution in [-0.2, 0) is 5.54 Å². The Morgan fingerprint density at radius 2 is 1.85 bits per heavy atom. The van der Waals surface area contributed by atoms with Crippen LogP contribution in [-0.4, -0.2) is 46.4 Å². The molecule has 1 saturated heterocycles. The van der Waals surface area contributed by atoms with Gasteiger partial charge < -0.3 is 9.80 Å². The normalized spacial score (nSPS) is 17.3. The predicted octanol–water partition coefficient (Wildman–Crippen LogP) is 2.29. The number of aromatic nitrogens is 4. The fourth-order valence-corrected chi connectivity index (χ4v) is 4.11. The molecular formula is C21H35N6+. The van der Waals surface area contributed by atoms with Crippen LogP contribution in [0, 0.1) is 13.8 Å². The molecule has 0 radical (unpaired) electrons. The topological polar surface area (TPSA) is 51.3 Å². The maximum absolute atomic E-state index is 4.45. The van der Waals surface area contributed by atoms with E-state index < -0.39 is 0 Å². The zero-order chi connectivity index (χ0) is 19.6. The van der Waals surface area contributed by atoms with Gasteiger partial charge >= 0.3 is 0 Å². The van der Waals surface area contributed by atoms with Crippen molar-refractivity contribution in [1.82, 2.24) is 20.2 Å². The van der Waals surface area contributed by atoms with Crippen LogP contribution in [0.1, 0.15) is 63.5 Å². The molecule has 3 rings (SSSR count). The lowest BCUT2D eigenvalue weighted by Crippen LogP contribution is -3.15. The van der Waals surface area contributed by atoms with E-state index >= 15 is 0 Å². The number of piperazine rings is 1. The standard InChI is InChI=1S/C21H34N6/c1-7-18(20-22-23-24-27(20)21(5,6)8-2)25-12-14-26(15-13-25)19-11-9-10-16(3)17(19)4/h9-11,18H,7-8,12-15H2,1-6H3/p+1/t18-/m0/s1. The Labute approximate surface area is 163 Å². The quantitative estimate of drug-likeness (QED) is 0.846. The second kappa shape index (κ2) is 7.97. The van der Waals surface area contributed by atoms with Gasteiger partial charge in [0.25, 0.3) is 0 Å². The summed E-state index contributed by atoms with van der Waals surface area (Å²) in [6.07, 6.45) is 2.07.